The number of hydrogen-bond acceptors (Lipinski definition) is 4. The lowest BCUT2D eigenvalue weighted by Gasteiger charge is -2.54. The lowest BCUT2D eigenvalue weighted by molar-refractivity contribution is -0.0854. The fourth-order valence-electron chi connectivity index (χ4n) is 2.84. The van der Waals surface area contributed by atoms with Crippen LogP contribution in [0.5, 0.6) is 0 Å². The van der Waals surface area contributed by atoms with Crippen LogP contribution in [-0.2, 0) is 4.74 Å². The van der Waals surface area contributed by atoms with E-state index in [0.717, 1.165) is 13.1 Å². The van der Waals surface area contributed by atoms with Gasteiger partial charge in [-0.25, -0.2) is 4.79 Å². The lowest BCUT2D eigenvalue weighted by Crippen LogP contribution is -2.66. The molecular formula is C13H24N2O3. The Hall–Kier alpha value is -0.810. The topological polar surface area (TPSA) is 61.8 Å². The molecule has 0 radical (unpaired) electrons. The number of nitrogens with one attached hydrogen (secondary N) is 1. The number of nitrogens with zero attached hydrogens (tertiary/aromatic N) is 1. The highest BCUT2D eigenvalue weighted by Crippen LogP contribution is 2.49. The third-order valence-corrected chi connectivity index (χ3v) is 4.25. The molecule has 0 aliphatic carbocycles. The third-order valence-electron chi connectivity index (χ3n) is 4.25. The van der Waals surface area contributed by atoms with Gasteiger partial charge in [-0.2, -0.15) is 0 Å². The third kappa shape index (κ3) is 2.10. The summed E-state index contributed by atoms with van der Waals surface area (Å²) >= 11 is 0. The summed E-state index contributed by atoms with van der Waals surface area (Å²) in [5.41, 5.74) is -0.571. The highest BCUT2D eigenvalue weighted by molar-refractivity contribution is 5.69. The average molecular weight is 256 g/mol. The number of carbonyl (C=O) groups excluding carboxylic acids is 1. The molecule has 2 fully saturated rings. The van der Waals surface area contributed by atoms with E-state index < -0.39 is 5.60 Å². The summed E-state index contributed by atoms with van der Waals surface area (Å²) in [4.78, 5) is 13.6. The van der Waals surface area contributed by atoms with Gasteiger partial charge in [0.1, 0.15) is 5.60 Å². The summed E-state index contributed by atoms with van der Waals surface area (Å²) in [7, 11) is 0. The van der Waals surface area contributed by atoms with Crippen molar-refractivity contribution >= 4 is 6.09 Å². The Balaban J connectivity index is 1.96. The number of hydrogen-bond donors (Lipinski definition) is 2. The van der Waals surface area contributed by atoms with E-state index in [1.54, 1.807) is 4.90 Å². The summed E-state index contributed by atoms with van der Waals surface area (Å²) < 4.78 is 5.35. The van der Waals surface area contributed by atoms with Gasteiger partial charge in [0, 0.05) is 37.0 Å². The van der Waals surface area contributed by atoms with Crippen molar-refractivity contribution in [3.8, 4) is 0 Å². The van der Waals surface area contributed by atoms with Crippen LogP contribution in [0.15, 0.2) is 0 Å². The average Bonchev–Trinajstić information content (AvgIpc) is 2.51. The molecule has 1 unspecified atom stereocenters. The molecule has 2 rings (SSSR count). The van der Waals surface area contributed by atoms with E-state index in [2.05, 4.69) is 12.2 Å². The van der Waals surface area contributed by atoms with Gasteiger partial charge < -0.3 is 20.1 Å². The van der Waals surface area contributed by atoms with Crippen LogP contribution in [0.1, 0.15) is 27.7 Å². The molecule has 0 aromatic heterocycles. The SMILES string of the molecule is CC(C)(C)OC(=O)N1CC2(CNCC2(C)CO)C1. The fraction of sp³-hybridized carbons (Fsp3) is 0.923. The van der Waals surface area contributed by atoms with Crippen molar-refractivity contribution in [3.05, 3.63) is 0 Å². The predicted molar refractivity (Wildman–Crippen MR) is 68.3 cm³/mol. The molecular weight excluding hydrogens is 232 g/mol. The van der Waals surface area contributed by atoms with Crippen LogP contribution in [-0.4, -0.2) is 54.5 Å². The summed E-state index contributed by atoms with van der Waals surface area (Å²) in [5.74, 6) is 0. The molecule has 2 aliphatic rings. The van der Waals surface area contributed by atoms with Crippen LogP contribution in [0.3, 0.4) is 0 Å². The van der Waals surface area contributed by atoms with Gasteiger partial charge in [-0.3, -0.25) is 0 Å². The Morgan fingerprint density at radius 3 is 2.50 bits per heavy atom. The maximum atomic E-state index is 11.9. The zero-order valence-corrected chi connectivity index (χ0v) is 11.7. The minimum atomic E-state index is -0.450. The Morgan fingerprint density at radius 2 is 2.00 bits per heavy atom. The molecule has 2 heterocycles. The predicted octanol–water partition coefficient (Wildman–Crippen LogP) is 0.825. The minimum absolute atomic E-state index is 0.0126. The highest BCUT2D eigenvalue weighted by Gasteiger charge is 2.59. The van der Waals surface area contributed by atoms with E-state index in [0.29, 0.717) is 13.1 Å². The van der Waals surface area contributed by atoms with Crippen LogP contribution < -0.4 is 5.32 Å². The van der Waals surface area contributed by atoms with E-state index in [4.69, 9.17) is 4.74 Å². The summed E-state index contributed by atoms with van der Waals surface area (Å²) in [5, 5.41) is 12.9. The van der Waals surface area contributed by atoms with Crippen molar-refractivity contribution in [1.82, 2.24) is 10.2 Å². The molecule has 0 aromatic carbocycles. The number of likely N-dealkylation sites (tertiary alicyclic amines) is 1. The number of amides is 1. The van der Waals surface area contributed by atoms with Gasteiger partial charge in [-0.15, -0.1) is 0 Å². The van der Waals surface area contributed by atoms with Crippen molar-refractivity contribution < 1.29 is 14.6 Å². The second kappa shape index (κ2) is 4.10. The van der Waals surface area contributed by atoms with Crippen molar-refractivity contribution in [1.29, 1.82) is 0 Å². The molecule has 0 bridgehead atoms. The maximum Gasteiger partial charge on any atom is 0.410 e. The Bertz CT molecular complexity index is 345. The van der Waals surface area contributed by atoms with Gasteiger partial charge in [-0.05, 0) is 20.8 Å². The quantitative estimate of drug-likeness (QED) is 0.729. The molecule has 104 valence electrons. The molecule has 0 saturated carbocycles. The second-order valence-electron chi connectivity index (χ2n) is 6.94. The van der Waals surface area contributed by atoms with E-state index in [-0.39, 0.29) is 23.5 Å². The van der Waals surface area contributed by atoms with Crippen LogP contribution in [0.25, 0.3) is 0 Å². The van der Waals surface area contributed by atoms with Crippen molar-refractivity contribution in [3.63, 3.8) is 0 Å². The van der Waals surface area contributed by atoms with Crippen LogP contribution in [0.4, 0.5) is 4.79 Å². The number of carbonyl (C=O) groups is 1. The first-order chi connectivity index (χ1) is 8.21. The summed E-state index contributed by atoms with van der Waals surface area (Å²) in [6.45, 7) is 10.9. The Kier molecular flexibility index (Phi) is 3.10. The Labute approximate surface area is 108 Å². The van der Waals surface area contributed by atoms with Crippen molar-refractivity contribution in [2.45, 2.75) is 33.3 Å². The highest BCUT2D eigenvalue weighted by atomic mass is 16.6. The molecule has 1 amide bonds. The second-order valence-corrected chi connectivity index (χ2v) is 6.94. The first-order valence-electron chi connectivity index (χ1n) is 6.51. The molecule has 2 aliphatic heterocycles. The smallest absolute Gasteiger partial charge is 0.410 e. The van der Waals surface area contributed by atoms with E-state index in [1.807, 2.05) is 20.8 Å². The molecule has 1 atom stereocenters. The number of ether oxygens (including phenoxy) is 1. The van der Waals surface area contributed by atoms with Gasteiger partial charge in [-0.1, -0.05) is 6.92 Å². The molecule has 5 heteroatoms. The molecule has 0 aromatic rings. The molecule has 5 nitrogen and oxygen atoms in total. The van der Waals surface area contributed by atoms with Gasteiger partial charge >= 0.3 is 6.09 Å². The fourth-order valence-corrected chi connectivity index (χ4v) is 2.84. The van der Waals surface area contributed by atoms with Gasteiger partial charge in [0.15, 0.2) is 0 Å². The zero-order valence-electron chi connectivity index (χ0n) is 11.7. The van der Waals surface area contributed by atoms with Gasteiger partial charge in [0.25, 0.3) is 0 Å². The van der Waals surface area contributed by atoms with Crippen molar-refractivity contribution in [2.24, 2.45) is 10.8 Å². The van der Waals surface area contributed by atoms with Gasteiger partial charge in [0.05, 0.1) is 6.61 Å². The minimum Gasteiger partial charge on any atom is -0.444 e. The van der Waals surface area contributed by atoms with Crippen LogP contribution in [0.2, 0.25) is 0 Å². The van der Waals surface area contributed by atoms with Crippen LogP contribution in [0, 0.1) is 10.8 Å². The van der Waals surface area contributed by atoms with E-state index in [1.165, 1.54) is 0 Å². The molecule has 18 heavy (non-hydrogen) atoms. The first kappa shape index (κ1) is 13.6. The first-order valence-corrected chi connectivity index (χ1v) is 6.51. The van der Waals surface area contributed by atoms with Crippen LogP contribution >= 0.6 is 0 Å². The number of aliphatic hydroxyl groups is 1. The standard InChI is InChI=1S/C13H24N2O3/c1-11(2,3)18-10(17)15-7-13(8-15)6-14-5-12(13,4)9-16/h14,16H,5-9H2,1-4H3. The van der Waals surface area contributed by atoms with E-state index >= 15 is 0 Å². The molecule has 2 saturated heterocycles. The monoisotopic (exact) mass is 256 g/mol. The van der Waals surface area contributed by atoms with Gasteiger partial charge in [0.2, 0.25) is 0 Å². The lowest BCUT2D eigenvalue weighted by atomic mass is 9.62. The number of rotatable bonds is 1. The molecule has 2 N–H and O–H groups in total. The van der Waals surface area contributed by atoms with Crippen molar-refractivity contribution in [2.75, 3.05) is 32.8 Å². The normalized spacial score (nSPS) is 30.4. The number of aliphatic hydroxyl groups excluding tert-OH is 1. The zero-order chi connectivity index (χ0) is 13.6. The largest absolute Gasteiger partial charge is 0.444 e. The molecule has 1 spiro atoms. The Morgan fingerprint density at radius 1 is 1.39 bits per heavy atom. The maximum absolute atomic E-state index is 11.9. The van der Waals surface area contributed by atoms with E-state index in [9.17, 15) is 9.90 Å². The summed E-state index contributed by atoms with van der Waals surface area (Å²) in [6.07, 6.45) is -0.250. The summed E-state index contributed by atoms with van der Waals surface area (Å²) in [6, 6.07) is 0.